The number of fused-ring (bicyclic) bond motifs is 1. The normalized spacial score (nSPS) is 35.3. The highest BCUT2D eigenvalue weighted by molar-refractivity contribution is 5.17. The first-order valence-corrected chi connectivity index (χ1v) is 8.92. The van der Waals surface area contributed by atoms with Gasteiger partial charge in [0, 0.05) is 0 Å². The standard InChI is InChI=1S/C20H34O2/c1-15-6-9-18-19(2,3)11-5-12-20(18,4)17(15)8-7-16(14-22)10-13-21/h10,17-18,21-22H,1,5-9,11-14H2,2-4H3/b16-10+/t17-,18-,20+/m1/s1. The molecule has 2 aliphatic carbocycles. The summed E-state index contributed by atoms with van der Waals surface area (Å²) in [5.74, 6) is 1.34. The van der Waals surface area contributed by atoms with Crippen LogP contribution in [0.5, 0.6) is 0 Å². The van der Waals surface area contributed by atoms with Crippen molar-refractivity contribution in [2.24, 2.45) is 22.7 Å². The number of aliphatic hydroxyl groups excluding tert-OH is 2. The number of rotatable bonds is 5. The topological polar surface area (TPSA) is 40.5 Å². The van der Waals surface area contributed by atoms with Crippen LogP contribution in [0.4, 0.5) is 0 Å². The van der Waals surface area contributed by atoms with Crippen LogP contribution in [0.15, 0.2) is 23.8 Å². The predicted molar refractivity (Wildman–Crippen MR) is 92.6 cm³/mol. The van der Waals surface area contributed by atoms with E-state index in [1.807, 2.05) is 0 Å². The Labute approximate surface area is 136 Å². The lowest BCUT2D eigenvalue weighted by Crippen LogP contribution is -2.49. The second-order valence-electron chi connectivity index (χ2n) is 8.39. The van der Waals surface area contributed by atoms with E-state index < -0.39 is 0 Å². The van der Waals surface area contributed by atoms with Gasteiger partial charge < -0.3 is 10.2 Å². The first kappa shape index (κ1) is 17.7. The molecule has 22 heavy (non-hydrogen) atoms. The van der Waals surface area contributed by atoms with Crippen LogP contribution < -0.4 is 0 Å². The highest BCUT2D eigenvalue weighted by Gasteiger charge is 2.52. The van der Waals surface area contributed by atoms with Gasteiger partial charge in [-0.1, -0.05) is 45.4 Å². The average molecular weight is 306 g/mol. The van der Waals surface area contributed by atoms with Gasteiger partial charge in [-0.2, -0.15) is 0 Å². The van der Waals surface area contributed by atoms with Gasteiger partial charge in [-0.15, -0.1) is 0 Å². The van der Waals surface area contributed by atoms with E-state index in [2.05, 4.69) is 27.4 Å². The van der Waals surface area contributed by atoms with E-state index >= 15 is 0 Å². The molecule has 2 nitrogen and oxygen atoms in total. The fraction of sp³-hybridized carbons (Fsp3) is 0.800. The van der Waals surface area contributed by atoms with Crippen LogP contribution in [-0.4, -0.2) is 23.4 Å². The molecule has 0 radical (unpaired) electrons. The van der Waals surface area contributed by atoms with Crippen molar-refractivity contribution in [2.45, 2.75) is 65.7 Å². The highest BCUT2D eigenvalue weighted by atomic mass is 16.3. The number of aliphatic hydroxyl groups is 2. The van der Waals surface area contributed by atoms with Crippen LogP contribution in [0.3, 0.4) is 0 Å². The summed E-state index contributed by atoms with van der Waals surface area (Å²) in [7, 11) is 0. The third-order valence-corrected chi connectivity index (χ3v) is 6.66. The first-order valence-electron chi connectivity index (χ1n) is 8.92. The summed E-state index contributed by atoms with van der Waals surface area (Å²) in [6.45, 7) is 11.9. The first-order chi connectivity index (χ1) is 10.3. The summed E-state index contributed by atoms with van der Waals surface area (Å²) in [5, 5.41) is 18.5. The van der Waals surface area contributed by atoms with Gasteiger partial charge in [0.25, 0.3) is 0 Å². The molecule has 0 aromatic rings. The zero-order valence-electron chi connectivity index (χ0n) is 14.7. The molecule has 2 saturated carbocycles. The molecular weight excluding hydrogens is 272 g/mol. The smallest absolute Gasteiger partial charge is 0.0642 e. The number of hydrogen-bond acceptors (Lipinski definition) is 2. The van der Waals surface area contributed by atoms with Crippen molar-refractivity contribution < 1.29 is 10.2 Å². The Morgan fingerprint density at radius 2 is 2.00 bits per heavy atom. The zero-order valence-corrected chi connectivity index (χ0v) is 14.7. The predicted octanol–water partition coefficient (Wildman–Crippen LogP) is 4.48. The van der Waals surface area contributed by atoms with Gasteiger partial charge in [-0.25, -0.2) is 0 Å². The van der Waals surface area contributed by atoms with Gasteiger partial charge in [0.2, 0.25) is 0 Å². The minimum atomic E-state index is 0.0223. The molecule has 0 unspecified atom stereocenters. The monoisotopic (exact) mass is 306 g/mol. The minimum Gasteiger partial charge on any atom is -0.392 e. The highest BCUT2D eigenvalue weighted by Crippen LogP contribution is 2.61. The molecule has 0 aromatic carbocycles. The van der Waals surface area contributed by atoms with Crippen LogP contribution in [0, 0.1) is 22.7 Å². The summed E-state index contributed by atoms with van der Waals surface area (Å²) in [4.78, 5) is 0. The summed E-state index contributed by atoms with van der Waals surface area (Å²) in [6, 6.07) is 0. The molecule has 0 amide bonds. The average Bonchev–Trinajstić information content (AvgIpc) is 2.44. The molecule has 126 valence electrons. The molecule has 2 aliphatic rings. The van der Waals surface area contributed by atoms with Crippen molar-refractivity contribution in [1.29, 1.82) is 0 Å². The van der Waals surface area contributed by atoms with Crippen molar-refractivity contribution in [3.63, 3.8) is 0 Å². The molecule has 2 rings (SSSR count). The Balaban J connectivity index is 2.17. The van der Waals surface area contributed by atoms with Gasteiger partial charge >= 0.3 is 0 Å². The SMILES string of the molecule is C=C1CC[C@@H]2C(C)(C)CCC[C@@]2(C)[C@@H]1CC/C(=C\CO)CO. The quantitative estimate of drug-likeness (QED) is 0.735. The lowest BCUT2D eigenvalue weighted by molar-refractivity contribution is -0.0540. The molecule has 0 aromatic heterocycles. The molecule has 0 bridgehead atoms. The second-order valence-corrected chi connectivity index (χ2v) is 8.39. The Hall–Kier alpha value is -0.600. The fourth-order valence-corrected chi connectivity index (χ4v) is 5.51. The lowest BCUT2D eigenvalue weighted by atomic mass is 9.47. The lowest BCUT2D eigenvalue weighted by Gasteiger charge is -2.58. The van der Waals surface area contributed by atoms with Crippen molar-refractivity contribution in [2.75, 3.05) is 13.2 Å². The van der Waals surface area contributed by atoms with Gasteiger partial charge in [0.05, 0.1) is 13.2 Å². The maximum Gasteiger partial charge on any atom is 0.0642 e. The molecule has 0 saturated heterocycles. The molecule has 0 spiro atoms. The summed E-state index contributed by atoms with van der Waals surface area (Å²) in [6.07, 6.45) is 10.1. The van der Waals surface area contributed by atoms with Crippen molar-refractivity contribution in [1.82, 2.24) is 0 Å². The van der Waals surface area contributed by atoms with Crippen molar-refractivity contribution in [3.05, 3.63) is 23.8 Å². The molecule has 2 heteroatoms. The third-order valence-electron chi connectivity index (χ3n) is 6.66. The maximum absolute atomic E-state index is 9.43. The maximum atomic E-state index is 9.43. The van der Waals surface area contributed by atoms with Crippen LogP contribution in [0.2, 0.25) is 0 Å². The van der Waals surface area contributed by atoms with E-state index in [0.717, 1.165) is 30.8 Å². The minimum absolute atomic E-state index is 0.0223. The molecule has 0 aliphatic heterocycles. The van der Waals surface area contributed by atoms with Crippen molar-refractivity contribution in [3.8, 4) is 0 Å². The summed E-state index contributed by atoms with van der Waals surface area (Å²) >= 11 is 0. The molecule has 3 atom stereocenters. The van der Waals surface area contributed by atoms with Gasteiger partial charge in [-0.05, 0) is 66.8 Å². The largest absolute Gasteiger partial charge is 0.392 e. The summed E-state index contributed by atoms with van der Waals surface area (Å²) < 4.78 is 0. The molecule has 2 N–H and O–H groups in total. The van der Waals surface area contributed by atoms with Crippen molar-refractivity contribution >= 4 is 0 Å². The van der Waals surface area contributed by atoms with Crippen LogP contribution >= 0.6 is 0 Å². The van der Waals surface area contributed by atoms with E-state index in [-0.39, 0.29) is 13.2 Å². The van der Waals surface area contributed by atoms with Crippen LogP contribution in [0.25, 0.3) is 0 Å². The van der Waals surface area contributed by atoms with E-state index in [9.17, 15) is 5.11 Å². The van der Waals surface area contributed by atoms with Gasteiger partial charge in [0.15, 0.2) is 0 Å². The third kappa shape index (κ3) is 3.33. The van der Waals surface area contributed by atoms with Gasteiger partial charge in [-0.3, -0.25) is 0 Å². The molecule has 0 heterocycles. The summed E-state index contributed by atoms with van der Waals surface area (Å²) in [5.41, 5.74) is 3.18. The number of allylic oxidation sites excluding steroid dienone is 1. The Bertz CT molecular complexity index is 435. The number of hydrogen-bond donors (Lipinski definition) is 2. The molecule has 2 fully saturated rings. The van der Waals surface area contributed by atoms with Gasteiger partial charge in [0.1, 0.15) is 0 Å². The van der Waals surface area contributed by atoms with E-state index in [0.29, 0.717) is 16.7 Å². The Kier molecular flexibility index (Phi) is 5.55. The molecular formula is C20H34O2. The van der Waals surface area contributed by atoms with Crippen LogP contribution in [-0.2, 0) is 0 Å². The van der Waals surface area contributed by atoms with E-state index in [4.69, 9.17) is 5.11 Å². The van der Waals surface area contributed by atoms with E-state index in [1.54, 1.807) is 6.08 Å². The second kappa shape index (κ2) is 6.88. The fourth-order valence-electron chi connectivity index (χ4n) is 5.51. The Morgan fingerprint density at radius 3 is 2.64 bits per heavy atom. The van der Waals surface area contributed by atoms with Crippen LogP contribution in [0.1, 0.15) is 65.7 Å². The zero-order chi connectivity index (χ0) is 16.4. The Morgan fingerprint density at radius 1 is 1.27 bits per heavy atom. The van der Waals surface area contributed by atoms with E-state index in [1.165, 1.54) is 31.3 Å².